The van der Waals surface area contributed by atoms with Crippen LogP contribution in [0, 0.1) is 0 Å². The van der Waals surface area contributed by atoms with Crippen molar-refractivity contribution in [2.24, 2.45) is 0 Å². The molecule has 1 aliphatic heterocycles. The summed E-state index contributed by atoms with van der Waals surface area (Å²) in [7, 11) is 2.13. The van der Waals surface area contributed by atoms with E-state index in [-0.39, 0.29) is 0 Å². The molecule has 2 rings (SSSR count). The highest BCUT2D eigenvalue weighted by molar-refractivity contribution is 4.88. The Bertz CT molecular complexity index is 199. The average molecular weight is 137 g/mol. The van der Waals surface area contributed by atoms with Crippen LogP contribution in [0.4, 0.5) is 0 Å². The van der Waals surface area contributed by atoms with E-state index in [9.17, 15) is 0 Å². The summed E-state index contributed by atoms with van der Waals surface area (Å²) in [5.74, 6) is 0. The standard InChI is InChI=1S/C7H11N3/c1-9-4-7(5-9)10-3-2-8-6-10/h2-3,6-7H,4-5H2,1H3. The molecule has 54 valence electrons. The summed E-state index contributed by atoms with van der Waals surface area (Å²) in [5, 5.41) is 0. The van der Waals surface area contributed by atoms with Crippen LogP contribution >= 0.6 is 0 Å². The van der Waals surface area contributed by atoms with Crippen molar-refractivity contribution in [2.75, 3.05) is 20.1 Å². The normalized spacial score (nSPS) is 20.9. The lowest BCUT2D eigenvalue weighted by Crippen LogP contribution is -2.44. The van der Waals surface area contributed by atoms with Gasteiger partial charge >= 0.3 is 0 Å². The number of hydrogen-bond acceptors (Lipinski definition) is 2. The molecule has 0 spiro atoms. The molecule has 0 unspecified atom stereocenters. The van der Waals surface area contributed by atoms with Gasteiger partial charge in [-0.3, -0.25) is 0 Å². The summed E-state index contributed by atoms with van der Waals surface area (Å²) in [5.41, 5.74) is 0. The molecule has 3 heteroatoms. The van der Waals surface area contributed by atoms with Crippen LogP contribution in [0.3, 0.4) is 0 Å². The van der Waals surface area contributed by atoms with Gasteiger partial charge in [-0.1, -0.05) is 0 Å². The number of rotatable bonds is 1. The topological polar surface area (TPSA) is 21.1 Å². The minimum atomic E-state index is 0.674. The quantitative estimate of drug-likeness (QED) is 0.557. The van der Waals surface area contributed by atoms with Crippen molar-refractivity contribution >= 4 is 0 Å². The van der Waals surface area contributed by atoms with Crippen LogP contribution in [0.2, 0.25) is 0 Å². The maximum Gasteiger partial charge on any atom is 0.0949 e. The monoisotopic (exact) mass is 137 g/mol. The first-order chi connectivity index (χ1) is 4.86. The van der Waals surface area contributed by atoms with Crippen molar-refractivity contribution < 1.29 is 0 Å². The third kappa shape index (κ3) is 0.827. The fourth-order valence-electron chi connectivity index (χ4n) is 1.34. The Morgan fingerprint density at radius 1 is 1.50 bits per heavy atom. The highest BCUT2D eigenvalue weighted by Gasteiger charge is 2.23. The third-order valence-electron chi connectivity index (χ3n) is 1.99. The van der Waals surface area contributed by atoms with Crippen molar-refractivity contribution in [3.8, 4) is 0 Å². The molecule has 0 N–H and O–H groups in total. The molecular formula is C7H11N3. The first-order valence-corrected chi connectivity index (χ1v) is 3.52. The molecule has 1 aromatic heterocycles. The van der Waals surface area contributed by atoms with Gasteiger partial charge in [0, 0.05) is 25.5 Å². The van der Waals surface area contributed by atoms with Crippen molar-refractivity contribution in [1.82, 2.24) is 14.5 Å². The molecule has 0 bridgehead atoms. The largest absolute Gasteiger partial charge is 0.332 e. The smallest absolute Gasteiger partial charge is 0.0949 e. The lowest BCUT2D eigenvalue weighted by Gasteiger charge is -2.36. The van der Waals surface area contributed by atoms with E-state index in [0.717, 1.165) is 13.1 Å². The van der Waals surface area contributed by atoms with Gasteiger partial charge in [-0.25, -0.2) is 4.98 Å². The van der Waals surface area contributed by atoms with E-state index in [2.05, 4.69) is 21.5 Å². The van der Waals surface area contributed by atoms with Gasteiger partial charge in [-0.05, 0) is 7.05 Å². The van der Waals surface area contributed by atoms with E-state index in [0.29, 0.717) is 6.04 Å². The highest BCUT2D eigenvalue weighted by atomic mass is 15.2. The van der Waals surface area contributed by atoms with Crippen LogP contribution in [-0.4, -0.2) is 34.6 Å². The van der Waals surface area contributed by atoms with E-state index in [1.54, 1.807) is 0 Å². The van der Waals surface area contributed by atoms with Crippen LogP contribution in [0.5, 0.6) is 0 Å². The molecule has 1 aromatic rings. The van der Waals surface area contributed by atoms with Crippen molar-refractivity contribution in [3.63, 3.8) is 0 Å². The molecule has 0 amide bonds. The number of imidazole rings is 1. The van der Waals surface area contributed by atoms with Gasteiger partial charge < -0.3 is 9.47 Å². The molecule has 10 heavy (non-hydrogen) atoms. The lowest BCUT2D eigenvalue weighted by atomic mass is 10.1. The third-order valence-corrected chi connectivity index (χ3v) is 1.99. The maximum atomic E-state index is 3.99. The summed E-state index contributed by atoms with van der Waals surface area (Å²) in [6, 6.07) is 0.674. The van der Waals surface area contributed by atoms with Gasteiger partial charge in [0.15, 0.2) is 0 Å². The summed E-state index contributed by atoms with van der Waals surface area (Å²) in [6.45, 7) is 2.33. The lowest BCUT2D eigenvalue weighted by molar-refractivity contribution is 0.140. The van der Waals surface area contributed by atoms with E-state index in [4.69, 9.17) is 0 Å². The van der Waals surface area contributed by atoms with Crippen molar-refractivity contribution in [3.05, 3.63) is 18.7 Å². The van der Waals surface area contributed by atoms with Gasteiger partial charge in [0.05, 0.1) is 12.4 Å². The van der Waals surface area contributed by atoms with Crippen molar-refractivity contribution in [2.45, 2.75) is 6.04 Å². The van der Waals surface area contributed by atoms with Gasteiger partial charge in [0.25, 0.3) is 0 Å². The van der Waals surface area contributed by atoms with Crippen molar-refractivity contribution in [1.29, 1.82) is 0 Å². The Hall–Kier alpha value is -0.830. The van der Waals surface area contributed by atoms with E-state index < -0.39 is 0 Å². The molecule has 1 aliphatic rings. The van der Waals surface area contributed by atoms with Gasteiger partial charge in [-0.15, -0.1) is 0 Å². The number of aromatic nitrogens is 2. The number of likely N-dealkylation sites (tertiary alicyclic amines) is 1. The highest BCUT2D eigenvalue weighted by Crippen LogP contribution is 2.17. The second kappa shape index (κ2) is 2.09. The molecule has 2 heterocycles. The Kier molecular flexibility index (Phi) is 1.24. The molecule has 1 fully saturated rings. The molecule has 1 saturated heterocycles. The minimum Gasteiger partial charge on any atom is -0.332 e. The summed E-state index contributed by atoms with van der Waals surface area (Å²) in [4.78, 5) is 6.29. The van der Waals surface area contributed by atoms with Gasteiger partial charge in [0.1, 0.15) is 0 Å². The SMILES string of the molecule is CN1CC(n2ccnc2)C1. The molecule has 0 radical (unpaired) electrons. The van der Waals surface area contributed by atoms with Crippen LogP contribution in [0.25, 0.3) is 0 Å². The summed E-state index contributed by atoms with van der Waals surface area (Å²) in [6.07, 6.45) is 5.74. The van der Waals surface area contributed by atoms with Crippen LogP contribution in [0.1, 0.15) is 6.04 Å². The Morgan fingerprint density at radius 2 is 2.30 bits per heavy atom. The molecule has 0 atom stereocenters. The molecule has 3 nitrogen and oxygen atoms in total. The molecule has 0 aromatic carbocycles. The zero-order valence-electron chi connectivity index (χ0n) is 6.07. The average Bonchev–Trinajstić information content (AvgIpc) is 2.31. The van der Waals surface area contributed by atoms with Crippen LogP contribution < -0.4 is 0 Å². The molecule has 0 aliphatic carbocycles. The van der Waals surface area contributed by atoms with Crippen LogP contribution in [0.15, 0.2) is 18.7 Å². The minimum absolute atomic E-state index is 0.674. The van der Waals surface area contributed by atoms with Gasteiger partial charge in [-0.2, -0.15) is 0 Å². The second-order valence-corrected chi connectivity index (χ2v) is 2.88. The van der Waals surface area contributed by atoms with E-state index >= 15 is 0 Å². The zero-order valence-corrected chi connectivity index (χ0v) is 6.07. The summed E-state index contributed by atoms with van der Waals surface area (Å²) >= 11 is 0. The number of likely N-dealkylation sites (N-methyl/N-ethyl adjacent to an activating group) is 1. The zero-order chi connectivity index (χ0) is 6.97. The number of hydrogen-bond donors (Lipinski definition) is 0. The van der Waals surface area contributed by atoms with Gasteiger partial charge in [0.2, 0.25) is 0 Å². The fourth-order valence-corrected chi connectivity index (χ4v) is 1.34. The summed E-state index contributed by atoms with van der Waals surface area (Å²) < 4.78 is 2.17. The Morgan fingerprint density at radius 3 is 2.80 bits per heavy atom. The first kappa shape index (κ1) is 5.92. The first-order valence-electron chi connectivity index (χ1n) is 3.52. The van der Waals surface area contributed by atoms with E-state index in [1.807, 2.05) is 18.7 Å². The predicted molar refractivity (Wildman–Crippen MR) is 38.8 cm³/mol. The molecule has 0 saturated carbocycles. The molecular weight excluding hydrogens is 126 g/mol. The number of nitrogens with zero attached hydrogens (tertiary/aromatic N) is 3. The predicted octanol–water partition coefficient (Wildman–Crippen LogP) is 0.370. The van der Waals surface area contributed by atoms with E-state index in [1.165, 1.54) is 0 Å². The Labute approximate surface area is 60.3 Å². The van der Waals surface area contributed by atoms with Crippen LogP contribution in [-0.2, 0) is 0 Å². The second-order valence-electron chi connectivity index (χ2n) is 2.88. The fraction of sp³-hybridized carbons (Fsp3) is 0.571. The Balaban J connectivity index is 2.04. The maximum absolute atomic E-state index is 3.99.